The summed E-state index contributed by atoms with van der Waals surface area (Å²) in [7, 11) is 0. The van der Waals surface area contributed by atoms with Crippen molar-refractivity contribution in [1.82, 2.24) is 4.98 Å². The first-order chi connectivity index (χ1) is 9.76. The van der Waals surface area contributed by atoms with Crippen molar-refractivity contribution >= 4 is 17.3 Å². The maximum absolute atomic E-state index is 12.2. The summed E-state index contributed by atoms with van der Waals surface area (Å²) in [6.07, 6.45) is -3.59. The van der Waals surface area contributed by atoms with E-state index in [1.165, 1.54) is 18.3 Å². The van der Waals surface area contributed by atoms with Crippen molar-refractivity contribution in [3.8, 4) is 16.9 Å². The molecule has 0 bridgehead atoms. The van der Waals surface area contributed by atoms with Crippen LogP contribution >= 0.6 is 11.6 Å². The molecule has 0 aliphatic carbocycles. The van der Waals surface area contributed by atoms with Gasteiger partial charge in [0.15, 0.2) is 0 Å². The van der Waals surface area contributed by atoms with E-state index in [0.717, 1.165) is 18.2 Å². The lowest BCUT2D eigenvalue weighted by atomic mass is 10.1. The normalized spacial score (nSPS) is 11.2. The Balaban J connectivity index is 2.41. The highest BCUT2D eigenvalue weighted by Gasteiger charge is 2.31. The van der Waals surface area contributed by atoms with Crippen molar-refractivity contribution in [3.05, 3.63) is 51.8 Å². The third-order valence-corrected chi connectivity index (χ3v) is 2.71. The van der Waals surface area contributed by atoms with Crippen LogP contribution in [0.2, 0.25) is 5.15 Å². The standard InChI is InChI=1S/C12H6ClF3N2O3/c13-11-10(18(19)20)5-8(6-17-11)7-2-1-3-9(4-7)21-12(14,15)16/h1-6H. The molecule has 1 aromatic carbocycles. The minimum Gasteiger partial charge on any atom is -0.406 e. The van der Waals surface area contributed by atoms with E-state index in [0.29, 0.717) is 0 Å². The van der Waals surface area contributed by atoms with Crippen LogP contribution in [0.3, 0.4) is 0 Å². The van der Waals surface area contributed by atoms with E-state index in [1.807, 2.05) is 0 Å². The van der Waals surface area contributed by atoms with Crippen LogP contribution in [0, 0.1) is 10.1 Å². The minimum atomic E-state index is -4.82. The van der Waals surface area contributed by atoms with Crippen molar-refractivity contribution in [2.75, 3.05) is 0 Å². The second-order valence-corrected chi connectivity index (χ2v) is 4.22. The van der Waals surface area contributed by atoms with Gasteiger partial charge in [-0.25, -0.2) is 4.98 Å². The van der Waals surface area contributed by atoms with Gasteiger partial charge < -0.3 is 4.74 Å². The van der Waals surface area contributed by atoms with Crippen LogP contribution < -0.4 is 4.74 Å². The van der Waals surface area contributed by atoms with Gasteiger partial charge in [0.25, 0.3) is 0 Å². The molecule has 0 unspecified atom stereocenters. The van der Waals surface area contributed by atoms with Gasteiger partial charge in [-0.1, -0.05) is 23.7 Å². The van der Waals surface area contributed by atoms with E-state index >= 15 is 0 Å². The average molecular weight is 319 g/mol. The maximum atomic E-state index is 12.2. The zero-order chi connectivity index (χ0) is 15.6. The molecule has 0 spiro atoms. The van der Waals surface area contributed by atoms with Gasteiger partial charge in [-0.15, -0.1) is 13.2 Å². The van der Waals surface area contributed by atoms with Gasteiger partial charge in [-0.05, 0) is 17.7 Å². The van der Waals surface area contributed by atoms with E-state index in [4.69, 9.17) is 11.6 Å². The van der Waals surface area contributed by atoms with Crippen molar-refractivity contribution < 1.29 is 22.8 Å². The highest BCUT2D eigenvalue weighted by molar-refractivity contribution is 6.31. The van der Waals surface area contributed by atoms with Gasteiger partial charge >= 0.3 is 12.0 Å². The third kappa shape index (κ3) is 3.82. The molecular formula is C12H6ClF3N2O3. The van der Waals surface area contributed by atoms with Crippen molar-refractivity contribution in [2.45, 2.75) is 6.36 Å². The number of benzene rings is 1. The number of ether oxygens (including phenoxy) is 1. The van der Waals surface area contributed by atoms with E-state index in [1.54, 1.807) is 0 Å². The summed E-state index contributed by atoms with van der Waals surface area (Å²) in [5.41, 5.74) is 0.0963. The van der Waals surface area contributed by atoms with Crippen molar-refractivity contribution in [1.29, 1.82) is 0 Å². The molecule has 0 atom stereocenters. The molecule has 1 aromatic heterocycles. The predicted octanol–water partition coefficient (Wildman–Crippen LogP) is 4.21. The number of pyridine rings is 1. The number of alkyl halides is 3. The van der Waals surface area contributed by atoms with Crippen LogP contribution in [0.15, 0.2) is 36.5 Å². The lowest BCUT2D eigenvalue weighted by Crippen LogP contribution is -2.17. The molecule has 0 aliphatic rings. The Labute approximate surface area is 121 Å². The summed E-state index contributed by atoms with van der Waals surface area (Å²) in [5, 5.41) is 10.5. The van der Waals surface area contributed by atoms with Gasteiger partial charge in [-0.2, -0.15) is 0 Å². The molecule has 2 rings (SSSR count). The SMILES string of the molecule is O=[N+]([O-])c1cc(-c2cccc(OC(F)(F)F)c2)cnc1Cl. The van der Waals surface area contributed by atoms with Crippen LogP contribution in [-0.2, 0) is 0 Å². The van der Waals surface area contributed by atoms with Crippen molar-refractivity contribution in [2.24, 2.45) is 0 Å². The Hall–Kier alpha value is -2.35. The number of hydrogen-bond acceptors (Lipinski definition) is 4. The fourth-order valence-electron chi connectivity index (χ4n) is 1.60. The average Bonchev–Trinajstić information content (AvgIpc) is 2.37. The lowest BCUT2D eigenvalue weighted by molar-refractivity contribution is -0.385. The first-order valence-electron chi connectivity index (χ1n) is 5.42. The van der Waals surface area contributed by atoms with Crippen LogP contribution in [0.25, 0.3) is 11.1 Å². The summed E-state index contributed by atoms with van der Waals surface area (Å²) in [4.78, 5) is 13.7. The topological polar surface area (TPSA) is 65.3 Å². The second-order valence-electron chi connectivity index (χ2n) is 3.87. The molecule has 0 N–H and O–H groups in total. The molecule has 0 saturated carbocycles. The molecule has 2 aromatic rings. The zero-order valence-electron chi connectivity index (χ0n) is 10.1. The Morgan fingerprint density at radius 2 is 1.95 bits per heavy atom. The summed E-state index contributed by atoms with van der Waals surface area (Å²) in [6.45, 7) is 0. The highest BCUT2D eigenvalue weighted by Crippen LogP contribution is 2.31. The molecule has 0 saturated heterocycles. The Kier molecular flexibility index (Phi) is 3.99. The Morgan fingerprint density at radius 1 is 1.24 bits per heavy atom. The molecule has 0 amide bonds. The number of nitrogens with zero attached hydrogens (tertiary/aromatic N) is 2. The summed E-state index contributed by atoms with van der Waals surface area (Å²) < 4.78 is 40.3. The number of halogens is 4. The van der Waals surface area contributed by atoms with Crippen LogP contribution in [-0.4, -0.2) is 16.3 Å². The number of aromatic nitrogens is 1. The molecule has 5 nitrogen and oxygen atoms in total. The lowest BCUT2D eigenvalue weighted by Gasteiger charge is -2.10. The van der Waals surface area contributed by atoms with E-state index in [9.17, 15) is 23.3 Å². The molecule has 21 heavy (non-hydrogen) atoms. The monoisotopic (exact) mass is 318 g/mol. The van der Waals surface area contributed by atoms with E-state index < -0.39 is 22.7 Å². The number of rotatable bonds is 3. The summed E-state index contributed by atoms with van der Waals surface area (Å²) in [6, 6.07) is 6.15. The third-order valence-electron chi connectivity index (χ3n) is 2.42. The summed E-state index contributed by atoms with van der Waals surface area (Å²) >= 11 is 5.57. The first-order valence-corrected chi connectivity index (χ1v) is 5.80. The first kappa shape index (κ1) is 15.0. The van der Waals surface area contributed by atoms with E-state index in [-0.39, 0.29) is 16.3 Å². The van der Waals surface area contributed by atoms with Crippen LogP contribution in [0.1, 0.15) is 0 Å². The van der Waals surface area contributed by atoms with Gasteiger partial charge in [0.1, 0.15) is 5.75 Å². The second kappa shape index (κ2) is 5.57. The summed E-state index contributed by atoms with van der Waals surface area (Å²) in [5.74, 6) is -0.433. The molecule has 0 fully saturated rings. The Bertz CT molecular complexity index is 692. The van der Waals surface area contributed by atoms with Gasteiger partial charge in [0.2, 0.25) is 5.15 Å². The largest absolute Gasteiger partial charge is 0.573 e. The molecule has 1 heterocycles. The van der Waals surface area contributed by atoms with Gasteiger partial charge in [0.05, 0.1) is 4.92 Å². The van der Waals surface area contributed by atoms with E-state index in [2.05, 4.69) is 9.72 Å². The predicted molar refractivity (Wildman–Crippen MR) is 68.0 cm³/mol. The highest BCUT2D eigenvalue weighted by atomic mass is 35.5. The van der Waals surface area contributed by atoms with Crippen LogP contribution in [0.5, 0.6) is 5.75 Å². The number of nitro groups is 1. The molecule has 9 heteroatoms. The fourth-order valence-corrected chi connectivity index (χ4v) is 1.77. The molecule has 0 radical (unpaired) electrons. The molecule has 0 aliphatic heterocycles. The van der Waals surface area contributed by atoms with Gasteiger partial charge in [-0.3, -0.25) is 10.1 Å². The van der Waals surface area contributed by atoms with Gasteiger partial charge in [0, 0.05) is 17.8 Å². The fraction of sp³-hybridized carbons (Fsp3) is 0.0833. The molecular weight excluding hydrogens is 313 g/mol. The Morgan fingerprint density at radius 3 is 2.57 bits per heavy atom. The smallest absolute Gasteiger partial charge is 0.406 e. The molecule has 110 valence electrons. The quantitative estimate of drug-likeness (QED) is 0.483. The number of hydrogen-bond donors (Lipinski definition) is 0. The zero-order valence-corrected chi connectivity index (χ0v) is 10.9. The minimum absolute atomic E-state index is 0.249. The maximum Gasteiger partial charge on any atom is 0.573 e. The van der Waals surface area contributed by atoms with Crippen molar-refractivity contribution in [3.63, 3.8) is 0 Å². The van der Waals surface area contributed by atoms with Crippen LogP contribution in [0.4, 0.5) is 18.9 Å².